The molecule has 0 aromatic carbocycles. The lowest BCUT2D eigenvalue weighted by atomic mass is 9.90. The number of carbonyl (C=O) groups is 6. The number of piperidine rings is 3. The van der Waals surface area contributed by atoms with Gasteiger partial charge in [0.2, 0.25) is 0 Å². The lowest BCUT2D eigenvalue weighted by Gasteiger charge is -2.37. The van der Waals surface area contributed by atoms with Gasteiger partial charge in [0.1, 0.15) is 16.8 Å². The minimum Gasteiger partial charge on any atom is -0.466 e. The Morgan fingerprint density at radius 1 is 0.569 bits per heavy atom. The summed E-state index contributed by atoms with van der Waals surface area (Å²) in [5, 5.41) is 11.0. The number of aliphatic hydroxyl groups is 1. The number of hydrogen-bond donors (Lipinski definition) is 1. The van der Waals surface area contributed by atoms with Crippen molar-refractivity contribution in [2.45, 2.75) is 132 Å². The first-order valence-corrected chi connectivity index (χ1v) is 20.4. The minimum atomic E-state index is -0.726. The van der Waals surface area contributed by atoms with E-state index in [1.54, 1.807) is 51.5 Å². The van der Waals surface area contributed by atoms with Crippen molar-refractivity contribution >= 4 is 36.1 Å². The summed E-state index contributed by atoms with van der Waals surface area (Å²) in [4.78, 5) is 81.2. The first kappa shape index (κ1) is 52.2. The molecule has 3 aliphatic rings. The van der Waals surface area contributed by atoms with E-state index in [1.807, 2.05) is 55.4 Å². The van der Waals surface area contributed by atoms with E-state index in [1.165, 1.54) is 17.1 Å². The van der Waals surface area contributed by atoms with Crippen LogP contribution in [0, 0.1) is 29.6 Å². The van der Waals surface area contributed by atoms with E-state index < -0.39 is 34.9 Å². The molecule has 6 unspecified atom stereocenters. The third kappa shape index (κ3) is 19.7. The topological polar surface area (TPSA) is 191 Å². The summed E-state index contributed by atoms with van der Waals surface area (Å²) in [5.74, 6) is -1.14. The van der Waals surface area contributed by atoms with Gasteiger partial charge in [-0.1, -0.05) is 13.8 Å². The molecule has 0 bridgehead atoms. The highest BCUT2D eigenvalue weighted by atomic mass is 16.7. The Bertz CT molecular complexity index is 1290. The Hall–Kier alpha value is -3.86. The van der Waals surface area contributed by atoms with Crippen LogP contribution in [0.4, 0.5) is 14.4 Å². The van der Waals surface area contributed by atoms with Gasteiger partial charge in [-0.3, -0.25) is 19.2 Å². The Morgan fingerprint density at radius 2 is 0.897 bits per heavy atom. The summed E-state index contributed by atoms with van der Waals surface area (Å²) in [6.45, 7) is 27.0. The second-order valence-corrected chi connectivity index (χ2v) is 18.3. The van der Waals surface area contributed by atoms with Crippen LogP contribution in [0.15, 0.2) is 0 Å². The second kappa shape index (κ2) is 23.1. The fourth-order valence-electron chi connectivity index (χ4n) is 6.59. The molecule has 58 heavy (non-hydrogen) atoms. The normalized spacial score (nSPS) is 23.8. The van der Waals surface area contributed by atoms with Crippen LogP contribution in [0.25, 0.3) is 0 Å². The summed E-state index contributed by atoms with van der Waals surface area (Å²) in [6, 6.07) is 0. The molecule has 0 saturated carbocycles. The number of hydrogen-bond acceptors (Lipinski definition) is 13. The second-order valence-electron chi connectivity index (χ2n) is 18.3. The SMILES string of the molecule is CCOC(=O)C1CC(C)CN(C(=O)OC(C)(C)C)C1.CCOC(=O)C1CC(O)CN(C(=O)OC(C)(C)C)C1.CON(C)C(=O)C1CC(C)CN(C(=O)OC(C)(C)C)C1. The lowest BCUT2D eigenvalue weighted by molar-refractivity contribution is -0.175. The van der Waals surface area contributed by atoms with Gasteiger partial charge in [-0.05, 0) is 107 Å². The van der Waals surface area contributed by atoms with Gasteiger partial charge in [0, 0.05) is 46.3 Å². The van der Waals surface area contributed by atoms with E-state index in [-0.39, 0.29) is 73.4 Å². The third-order valence-electron chi connectivity index (χ3n) is 8.88. The lowest BCUT2D eigenvalue weighted by Crippen LogP contribution is -2.50. The number of likely N-dealkylation sites (tertiary alicyclic amines) is 3. The average Bonchev–Trinajstić information content (AvgIpc) is 3.08. The first-order valence-electron chi connectivity index (χ1n) is 20.4. The smallest absolute Gasteiger partial charge is 0.410 e. The first-order chi connectivity index (χ1) is 26.6. The van der Waals surface area contributed by atoms with Crippen LogP contribution in [0.3, 0.4) is 0 Å². The van der Waals surface area contributed by atoms with Gasteiger partial charge in [0.15, 0.2) is 0 Å². The molecular weight excluding hydrogens is 756 g/mol. The van der Waals surface area contributed by atoms with Gasteiger partial charge in [-0.25, -0.2) is 19.4 Å². The number of rotatable bonds is 6. The maximum atomic E-state index is 12.2. The predicted octanol–water partition coefficient (Wildman–Crippen LogP) is 5.51. The summed E-state index contributed by atoms with van der Waals surface area (Å²) < 4.78 is 25.9. The molecule has 17 heteroatoms. The molecule has 0 radical (unpaired) electrons. The van der Waals surface area contributed by atoms with Crippen molar-refractivity contribution in [2.75, 3.05) is 66.6 Å². The zero-order valence-corrected chi connectivity index (χ0v) is 37.9. The molecule has 3 heterocycles. The number of carbonyl (C=O) groups excluding carboxylic acids is 6. The number of hydroxylamine groups is 2. The summed E-state index contributed by atoms with van der Waals surface area (Å²) in [5.41, 5.74) is -1.64. The van der Waals surface area contributed by atoms with Crippen molar-refractivity contribution in [1.29, 1.82) is 0 Å². The van der Waals surface area contributed by atoms with Crippen LogP contribution < -0.4 is 0 Å². The van der Waals surface area contributed by atoms with E-state index in [9.17, 15) is 33.9 Å². The summed E-state index contributed by atoms with van der Waals surface area (Å²) >= 11 is 0. The quantitative estimate of drug-likeness (QED) is 0.201. The van der Waals surface area contributed by atoms with Crippen LogP contribution in [0.1, 0.15) is 109 Å². The van der Waals surface area contributed by atoms with E-state index in [4.69, 9.17) is 28.5 Å². The number of aliphatic hydroxyl groups excluding tert-OH is 1. The van der Waals surface area contributed by atoms with Crippen molar-refractivity contribution < 1.29 is 62.4 Å². The molecule has 1 N–H and O–H groups in total. The maximum Gasteiger partial charge on any atom is 0.410 e. The standard InChI is InChI=1S/C14H26N2O4.C14H25NO4.C13H23NO5/c1-10-7-11(12(17)15(5)19-6)9-16(8-10)13(18)20-14(2,3)4;1-6-18-12(16)11-7-10(2)8-15(9-11)13(17)19-14(3,4)5;1-5-18-11(16)9-6-10(15)8-14(7-9)12(17)19-13(2,3)4/h10-11H,7-9H2,1-6H3;10-11H,6-9H2,1-5H3;9-10,15H,5-8H2,1-4H3. The van der Waals surface area contributed by atoms with E-state index in [2.05, 4.69) is 0 Å². The molecule has 3 aliphatic heterocycles. The fourth-order valence-corrected chi connectivity index (χ4v) is 6.59. The van der Waals surface area contributed by atoms with Gasteiger partial charge in [-0.2, -0.15) is 0 Å². The van der Waals surface area contributed by atoms with Crippen LogP contribution >= 0.6 is 0 Å². The van der Waals surface area contributed by atoms with Gasteiger partial charge in [0.05, 0.1) is 44.2 Å². The number of nitrogens with zero attached hydrogens (tertiary/aromatic N) is 4. The molecule has 336 valence electrons. The summed E-state index contributed by atoms with van der Waals surface area (Å²) in [7, 11) is 3.04. The molecule has 4 amide bonds. The van der Waals surface area contributed by atoms with E-state index in [0.29, 0.717) is 39.2 Å². The molecular formula is C41H74N4O13. The largest absolute Gasteiger partial charge is 0.466 e. The van der Waals surface area contributed by atoms with Crippen molar-refractivity contribution in [3.8, 4) is 0 Å². The molecule has 3 saturated heterocycles. The maximum absolute atomic E-state index is 12.2. The number of β-amino-alcohol motifs (C(OH)–C–C–N with tert-alkyl or cyclic N) is 1. The average molecular weight is 831 g/mol. The Balaban J connectivity index is 0.000000435. The van der Waals surface area contributed by atoms with E-state index in [0.717, 1.165) is 12.8 Å². The molecule has 0 aliphatic carbocycles. The Morgan fingerprint density at radius 3 is 1.24 bits per heavy atom. The van der Waals surface area contributed by atoms with E-state index >= 15 is 0 Å². The molecule has 17 nitrogen and oxygen atoms in total. The van der Waals surface area contributed by atoms with Crippen LogP contribution in [0.5, 0.6) is 0 Å². The molecule has 3 fully saturated rings. The molecule has 0 aromatic rings. The number of esters is 2. The third-order valence-corrected chi connectivity index (χ3v) is 8.88. The van der Waals surface area contributed by atoms with Crippen LogP contribution in [-0.4, -0.2) is 151 Å². The monoisotopic (exact) mass is 831 g/mol. The fraction of sp³-hybridized carbons (Fsp3) is 0.854. The highest BCUT2D eigenvalue weighted by molar-refractivity contribution is 5.79. The Labute approximate surface area is 346 Å². The molecule has 6 atom stereocenters. The number of ether oxygens (including phenoxy) is 5. The molecule has 3 rings (SSSR count). The zero-order valence-electron chi connectivity index (χ0n) is 37.9. The van der Waals surface area contributed by atoms with Crippen molar-refractivity contribution in [1.82, 2.24) is 19.8 Å². The van der Waals surface area contributed by atoms with Gasteiger partial charge in [0.25, 0.3) is 5.91 Å². The Kier molecular flexibility index (Phi) is 20.7. The number of amides is 4. The van der Waals surface area contributed by atoms with Crippen LogP contribution in [0.2, 0.25) is 0 Å². The minimum absolute atomic E-state index is 0.104. The highest BCUT2D eigenvalue weighted by Gasteiger charge is 2.38. The molecule has 0 aromatic heterocycles. The van der Waals surface area contributed by atoms with Gasteiger partial charge < -0.3 is 43.5 Å². The van der Waals surface area contributed by atoms with Crippen molar-refractivity contribution in [3.05, 3.63) is 0 Å². The molecule has 0 spiro atoms. The van der Waals surface area contributed by atoms with Gasteiger partial charge in [-0.15, -0.1) is 0 Å². The van der Waals surface area contributed by atoms with Crippen LogP contribution in [-0.2, 0) is 42.9 Å². The summed E-state index contributed by atoms with van der Waals surface area (Å²) in [6.07, 6.45) is -0.117. The van der Waals surface area contributed by atoms with Gasteiger partial charge >= 0.3 is 30.2 Å². The zero-order chi connectivity index (χ0) is 44.8. The highest BCUT2D eigenvalue weighted by Crippen LogP contribution is 2.26. The van der Waals surface area contributed by atoms with Crippen molar-refractivity contribution in [3.63, 3.8) is 0 Å². The predicted molar refractivity (Wildman–Crippen MR) is 215 cm³/mol. The van der Waals surface area contributed by atoms with Crippen molar-refractivity contribution in [2.24, 2.45) is 29.6 Å².